The first kappa shape index (κ1) is 17.5. The van der Waals surface area contributed by atoms with Crippen LogP contribution in [0.25, 0.3) is 0 Å². The molecule has 1 heterocycles. The minimum atomic E-state index is -1.09. The second-order valence-corrected chi connectivity index (χ2v) is 6.23. The monoisotopic (exact) mass is 319 g/mol. The summed E-state index contributed by atoms with van der Waals surface area (Å²) in [4.78, 5) is 24.3. The van der Waals surface area contributed by atoms with Crippen LogP contribution in [0.3, 0.4) is 0 Å². The van der Waals surface area contributed by atoms with Crippen molar-refractivity contribution in [2.75, 3.05) is 13.2 Å². The lowest BCUT2D eigenvalue weighted by molar-refractivity contribution is -0.144. The lowest BCUT2D eigenvalue weighted by atomic mass is 9.78. The molecule has 1 aromatic rings. The highest BCUT2D eigenvalue weighted by Gasteiger charge is 2.39. The zero-order chi connectivity index (χ0) is 16.9. The number of carbonyl (C=O) groups is 2. The zero-order valence-electron chi connectivity index (χ0n) is 13.7. The maximum absolute atomic E-state index is 12.4. The summed E-state index contributed by atoms with van der Waals surface area (Å²) in [5.74, 6) is -1.08. The summed E-state index contributed by atoms with van der Waals surface area (Å²) >= 11 is 0. The molecule has 0 aromatic heterocycles. The molecule has 1 aliphatic heterocycles. The van der Waals surface area contributed by atoms with Crippen molar-refractivity contribution in [2.45, 2.75) is 44.6 Å². The molecule has 5 heteroatoms. The molecule has 1 aromatic carbocycles. The van der Waals surface area contributed by atoms with Gasteiger partial charge in [0, 0.05) is 19.1 Å². The first-order valence-electron chi connectivity index (χ1n) is 8.18. The minimum absolute atomic E-state index is 0.0732. The molecule has 0 bridgehead atoms. The number of hydrogen-bond donors (Lipinski definition) is 2. The lowest BCUT2D eigenvalue weighted by Crippen LogP contribution is -2.48. The fraction of sp³-hybridized carbons (Fsp3) is 0.556. The van der Waals surface area contributed by atoms with Gasteiger partial charge in [-0.2, -0.15) is 0 Å². The molecule has 1 fully saturated rings. The van der Waals surface area contributed by atoms with E-state index in [0.717, 1.165) is 5.56 Å². The van der Waals surface area contributed by atoms with Gasteiger partial charge in [-0.25, -0.2) is 0 Å². The van der Waals surface area contributed by atoms with Gasteiger partial charge < -0.3 is 15.2 Å². The number of aliphatic carboxylic acids is 1. The van der Waals surface area contributed by atoms with Gasteiger partial charge in [0.1, 0.15) is 5.41 Å². The predicted molar refractivity (Wildman–Crippen MR) is 87.2 cm³/mol. The van der Waals surface area contributed by atoms with Gasteiger partial charge in [-0.05, 0) is 31.7 Å². The molecule has 23 heavy (non-hydrogen) atoms. The van der Waals surface area contributed by atoms with E-state index in [-0.39, 0.29) is 24.5 Å². The zero-order valence-corrected chi connectivity index (χ0v) is 13.7. The number of amides is 1. The van der Waals surface area contributed by atoms with Crippen LogP contribution in [-0.4, -0.2) is 36.2 Å². The molecule has 1 amide bonds. The number of carboxylic acid groups (broad SMARTS) is 1. The number of hydrogen-bond acceptors (Lipinski definition) is 3. The van der Waals surface area contributed by atoms with E-state index in [1.165, 1.54) is 0 Å². The average molecular weight is 319 g/mol. The van der Waals surface area contributed by atoms with Crippen LogP contribution in [0.1, 0.15) is 38.7 Å². The number of benzene rings is 1. The van der Waals surface area contributed by atoms with Crippen molar-refractivity contribution in [3.05, 3.63) is 35.9 Å². The highest BCUT2D eigenvalue weighted by Crippen LogP contribution is 2.28. The summed E-state index contributed by atoms with van der Waals surface area (Å²) in [6.07, 6.45) is 1.86. The lowest BCUT2D eigenvalue weighted by Gasteiger charge is -2.31. The third-order valence-corrected chi connectivity index (χ3v) is 4.76. The normalized spacial score (nSPS) is 23.7. The van der Waals surface area contributed by atoms with Crippen molar-refractivity contribution >= 4 is 11.9 Å². The Morgan fingerprint density at radius 1 is 1.35 bits per heavy atom. The molecule has 1 saturated heterocycles. The summed E-state index contributed by atoms with van der Waals surface area (Å²) < 4.78 is 5.46. The van der Waals surface area contributed by atoms with Crippen molar-refractivity contribution in [3.63, 3.8) is 0 Å². The predicted octanol–water partition coefficient (Wildman–Crippen LogP) is 2.35. The number of rotatable bonds is 6. The van der Waals surface area contributed by atoms with Crippen molar-refractivity contribution < 1.29 is 19.4 Å². The molecule has 0 saturated carbocycles. The highest BCUT2D eigenvalue weighted by molar-refractivity contribution is 5.84. The molecule has 0 aliphatic carbocycles. The standard InChI is InChI=1S/C18H25NO4/c1-3-18(17(21)22,15-7-5-4-6-8-15)12-19-16(20)14-9-10-23-13(2)11-14/h4-8,13-14H,3,9-12H2,1-2H3,(H,19,20)(H,21,22). The number of carbonyl (C=O) groups excluding carboxylic acids is 1. The van der Waals surface area contributed by atoms with Crippen LogP contribution in [0, 0.1) is 5.92 Å². The quantitative estimate of drug-likeness (QED) is 0.844. The first-order valence-corrected chi connectivity index (χ1v) is 8.18. The van der Waals surface area contributed by atoms with E-state index in [1.54, 1.807) is 12.1 Å². The van der Waals surface area contributed by atoms with Crippen LogP contribution in [0.2, 0.25) is 0 Å². The molecule has 0 spiro atoms. The molecule has 3 unspecified atom stereocenters. The second-order valence-electron chi connectivity index (χ2n) is 6.23. The molecular formula is C18H25NO4. The number of ether oxygens (including phenoxy) is 1. The van der Waals surface area contributed by atoms with Crippen molar-refractivity contribution in [1.29, 1.82) is 0 Å². The Hall–Kier alpha value is -1.88. The van der Waals surface area contributed by atoms with Gasteiger partial charge in [0.25, 0.3) is 0 Å². The van der Waals surface area contributed by atoms with Gasteiger partial charge in [-0.1, -0.05) is 37.3 Å². The summed E-state index contributed by atoms with van der Waals surface area (Å²) in [5, 5.41) is 12.6. The smallest absolute Gasteiger partial charge is 0.315 e. The van der Waals surface area contributed by atoms with Gasteiger partial charge in [-0.15, -0.1) is 0 Å². The fourth-order valence-corrected chi connectivity index (χ4v) is 3.16. The van der Waals surface area contributed by atoms with E-state index in [9.17, 15) is 14.7 Å². The summed E-state index contributed by atoms with van der Waals surface area (Å²) in [6.45, 7) is 4.48. The molecule has 1 aliphatic rings. The average Bonchev–Trinajstić information content (AvgIpc) is 2.56. The third-order valence-electron chi connectivity index (χ3n) is 4.76. The van der Waals surface area contributed by atoms with E-state index < -0.39 is 11.4 Å². The maximum atomic E-state index is 12.4. The molecule has 5 nitrogen and oxygen atoms in total. The molecule has 2 rings (SSSR count). The molecule has 3 atom stereocenters. The van der Waals surface area contributed by atoms with Crippen molar-refractivity contribution in [1.82, 2.24) is 5.32 Å². The minimum Gasteiger partial charge on any atom is -0.481 e. The topological polar surface area (TPSA) is 75.6 Å². The number of nitrogens with one attached hydrogen (secondary N) is 1. The van der Waals surface area contributed by atoms with Crippen LogP contribution in [0.15, 0.2) is 30.3 Å². The van der Waals surface area contributed by atoms with Gasteiger partial charge in [0.15, 0.2) is 0 Å². The van der Waals surface area contributed by atoms with E-state index in [4.69, 9.17) is 4.74 Å². The van der Waals surface area contributed by atoms with Crippen LogP contribution >= 0.6 is 0 Å². The molecule has 0 radical (unpaired) electrons. The molecular weight excluding hydrogens is 294 g/mol. The van der Waals surface area contributed by atoms with E-state index in [2.05, 4.69) is 5.32 Å². The van der Waals surface area contributed by atoms with Gasteiger partial charge in [0.2, 0.25) is 5.91 Å². The Morgan fingerprint density at radius 3 is 2.61 bits per heavy atom. The Labute approximate surface area is 137 Å². The number of carboxylic acids is 1. The van der Waals surface area contributed by atoms with E-state index in [1.807, 2.05) is 32.0 Å². The van der Waals surface area contributed by atoms with Crippen LogP contribution in [-0.2, 0) is 19.7 Å². The Bertz CT molecular complexity index is 545. The summed E-state index contributed by atoms with van der Waals surface area (Å²) in [6, 6.07) is 9.11. The first-order chi connectivity index (χ1) is 11.0. The molecule has 126 valence electrons. The Balaban J connectivity index is 2.10. The fourth-order valence-electron chi connectivity index (χ4n) is 3.16. The van der Waals surface area contributed by atoms with Crippen molar-refractivity contribution in [2.24, 2.45) is 5.92 Å². The Kier molecular flexibility index (Phi) is 5.77. The summed E-state index contributed by atoms with van der Waals surface area (Å²) in [5.41, 5.74) is -0.371. The highest BCUT2D eigenvalue weighted by atomic mass is 16.5. The molecule has 2 N–H and O–H groups in total. The van der Waals surface area contributed by atoms with E-state index >= 15 is 0 Å². The second kappa shape index (κ2) is 7.59. The Morgan fingerprint density at radius 2 is 2.04 bits per heavy atom. The van der Waals surface area contributed by atoms with Gasteiger partial charge >= 0.3 is 5.97 Å². The summed E-state index contributed by atoms with van der Waals surface area (Å²) in [7, 11) is 0. The largest absolute Gasteiger partial charge is 0.481 e. The van der Waals surface area contributed by atoms with Crippen molar-refractivity contribution in [3.8, 4) is 0 Å². The van der Waals surface area contributed by atoms with Gasteiger partial charge in [-0.3, -0.25) is 9.59 Å². The van der Waals surface area contributed by atoms with Crippen LogP contribution in [0.5, 0.6) is 0 Å². The maximum Gasteiger partial charge on any atom is 0.315 e. The van der Waals surface area contributed by atoms with Gasteiger partial charge in [0.05, 0.1) is 6.10 Å². The van der Waals surface area contributed by atoms with Crippen LogP contribution < -0.4 is 5.32 Å². The van der Waals surface area contributed by atoms with E-state index in [0.29, 0.717) is 25.9 Å². The third kappa shape index (κ3) is 3.91. The SMILES string of the molecule is CCC(CNC(=O)C1CCOC(C)C1)(C(=O)O)c1ccccc1. The van der Waals surface area contributed by atoms with Crippen LogP contribution in [0.4, 0.5) is 0 Å².